The van der Waals surface area contributed by atoms with E-state index in [1.807, 2.05) is 27.6 Å². The molecule has 1 saturated heterocycles. The van der Waals surface area contributed by atoms with Gasteiger partial charge in [0.25, 0.3) is 0 Å². The van der Waals surface area contributed by atoms with Crippen LogP contribution in [0, 0.1) is 5.92 Å². The molecule has 3 aromatic heterocycles. The van der Waals surface area contributed by atoms with Crippen molar-refractivity contribution in [3.05, 3.63) is 35.9 Å². The van der Waals surface area contributed by atoms with Gasteiger partial charge in [0.1, 0.15) is 17.9 Å². The van der Waals surface area contributed by atoms with Crippen LogP contribution in [0.4, 0.5) is 21.0 Å². The standard InChI is InChI=1S/C24H29FN8O2/c25-16-10-32(11-16)12-17-13-33-21(27-17)3-4-26-22(33)28-20-6-19(30-31-20)15-1-2-18(5-15)35-23(34)29-24-7-14(8-24)9-24/h3-4,6,13-16,18H,1-2,5,7-12H2,(H,29,34)(H2,26,28,30,31). The van der Waals surface area contributed by atoms with E-state index in [0.29, 0.717) is 31.4 Å². The Hall–Kier alpha value is -3.21. The second-order valence-electron chi connectivity index (χ2n) is 10.8. The summed E-state index contributed by atoms with van der Waals surface area (Å²) in [4.78, 5) is 23.4. The summed E-state index contributed by atoms with van der Waals surface area (Å²) in [5, 5.41) is 13.9. The molecule has 10 nitrogen and oxygen atoms in total. The summed E-state index contributed by atoms with van der Waals surface area (Å²) in [7, 11) is 0. The molecule has 1 aliphatic heterocycles. The van der Waals surface area contributed by atoms with Crippen molar-refractivity contribution >= 4 is 23.5 Å². The fourth-order valence-electron chi connectivity index (χ4n) is 6.09. The molecule has 4 saturated carbocycles. The molecule has 5 fully saturated rings. The molecule has 2 unspecified atom stereocenters. The van der Waals surface area contributed by atoms with E-state index in [0.717, 1.165) is 61.5 Å². The zero-order valence-electron chi connectivity index (χ0n) is 19.4. The first kappa shape index (κ1) is 21.1. The number of aromatic amines is 1. The number of rotatable bonds is 7. The Bertz CT molecular complexity index is 1250. The summed E-state index contributed by atoms with van der Waals surface area (Å²) in [6.45, 7) is 1.55. The van der Waals surface area contributed by atoms with Gasteiger partial charge in [-0.2, -0.15) is 5.10 Å². The molecule has 3 N–H and O–H groups in total. The largest absolute Gasteiger partial charge is 0.446 e. The Morgan fingerprint density at radius 3 is 2.91 bits per heavy atom. The molecule has 1 amide bonds. The third-order valence-electron chi connectivity index (χ3n) is 8.07. The molecule has 3 aromatic rings. The maximum absolute atomic E-state index is 13.1. The number of aromatic nitrogens is 5. The molecule has 4 heterocycles. The molecule has 0 spiro atoms. The number of nitrogens with zero attached hydrogens (tertiary/aromatic N) is 5. The number of alkyl carbamates (subject to hydrolysis) is 1. The fourth-order valence-corrected chi connectivity index (χ4v) is 6.09. The van der Waals surface area contributed by atoms with Crippen molar-refractivity contribution in [2.75, 3.05) is 18.4 Å². The number of H-pyrrole nitrogens is 1. The molecule has 4 aliphatic carbocycles. The Morgan fingerprint density at radius 2 is 2.14 bits per heavy atom. The number of imidazole rings is 1. The quantitative estimate of drug-likeness (QED) is 0.476. The molecule has 5 aliphatic rings. The number of fused-ring (bicyclic) bond motifs is 1. The van der Waals surface area contributed by atoms with Crippen molar-refractivity contribution in [1.29, 1.82) is 0 Å². The molecule has 2 bridgehead atoms. The zero-order valence-corrected chi connectivity index (χ0v) is 19.4. The first-order valence-corrected chi connectivity index (χ1v) is 12.5. The number of hydrogen-bond donors (Lipinski definition) is 3. The minimum absolute atomic E-state index is 0.0446. The lowest BCUT2D eigenvalue weighted by Crippen LogP contribution is -2.68. The maximum Gasteiger partial charge on any atom is 0.407 e. The number of hydrogen-bond acceptors (Lipinski definition) is 7. The summed E-state index contributed by atoms with van der Waals surface area (Å²) in [5.41, 5.74) is 2.72. The van der Waals surface area contributed by atoms with Crippen molar-refractivity contribution < 1.29 is 13.9 Å². The van der Waals surface area contributed by atoms with Crippen molar-refractivity contribution in [3.63, 3.8) is 0 Å². The summed E-state index contributed by atoms with van der Waals surface area (Å²) >= 11 is 0. The summed E-state index contributed by atoms with van der Waals surface area (Å²) in [6.07, 6.45) is 8.51. The summed E-state index contributed by atoms with van der Waals surface area (Å²) in [5.74, 6) is 2.38. The predicted molar refractivity (Wildman–Crippen MR) is 125 cm³/mol. The number of nitrogens with one attached hydrogen (secondary N) is 3. The molecular formula is C24H29FN8O2. The number of ether oxygens (including phenoxy) is 1. The van der Waals surface area contributed by atoms with E-state index in [2.05, 4.69) is 30.8 Å². The van der Waals surface area contributed by atoms with Crippen LogP contribution in [0.2, 0.25) is 0 Å². The van der Waals surface area contributed by atoms with Crippen LogP contribution in [0.15, 0.2) is 24.5 Å². The van der Waals surface area contributed by atoms with Gasteiger partial charge in [0.05, 0.1) is 5.69 Å². The first-order valence-electron chi connectivity index (χ1n) is 12.5. The van der Waals surface area contributed by atoms with Crippen LogP contribution < -0.4 is 10.6 Å². The van der Waals surface area contributed by atoms with Crippen molar-refractivity contribution in [2.24, 2.45) is 5.92 Å². The van der Waals surface area contributed by atoms with Gasteiger partial charge in [-0.1, -0.05) is 0 Å². The van der Waals surface area contributed by atoms with Gasteiger partial charge < -0.3 is 15.4 Å². The van der Waals surface area contributed by atoms with E-state index in [9.17, 15) is 9.18 Å². The molecule has 2 atom stereocenters. The molecule has 0 radical (unpaired) electrons. The second-order valence-corrected chi connectivity index (χ2v) is 10.8. The van der Waals surface area contributed by atoms with Crippen LogP contribution in [-0.4, -0.2) is 66.5 Å². The number of amides is 1. The van der Waals surface area contributed by atoms with Crippen LogP contribution in [0.5, 0.6) is 0 Å². The molecule has 11 heteroatoms. The van der Waals surface area contributed by atoms with Gasteiger partial charge >= 0.3 is 6.09 Å². The Morgan fingerprint density at radius 1 is 1.29 bits per heavy atom. The zero-order chi connectivity index (χ0) is 23.6. The van der Waals surface area contributed by atoms with Crippen molar-refractivity contribution in [2.45, 2.75) is 68.8 Å². The first-order chi connectivity index (χ1) is 17.0. The highest BCUT2D eigenvalue weighted by molar-refractivity contribution is 5.69. The van der Waals surface area contributed by atoms with Crippen LogP contribution >= 0.6 is 0 Å². The molecule has 184 valence electrons. The van der Waals surface area contributed by atoms with Gasteiger partial charge in [-0.25, -0.2) is 19.2 Å². The number of anilines is 2. The Kier molecular flexibility index (Phi) is 4.77. The van der Waals surface area contributed by atoms with Gasteiger partial charge in [0.15, 0.2) is 5.82 Å². The monoisotopic (exact) mass is 480 g/mol. The minimum Gasteiger partial charge on any atom is -0.446 e. The summed E-state index contributed by atoms with van der Waals surface area (Å²) in [6, 6.07) is 3.84. The number of carbonyl (C=O) groups excluding carboxylic acids is 1. The van der Waals surface area contributed by atoms with Crippen molar-refractivity contribution in [3.8, 4) is 0 Å². The smallest absolute Gasteiger partial charge is 0.407 e. The number of carbonyl (C=O) groups is 1. The molecular weight excluding hydrogens is 451 g/mol. The third kappa shape index (κ3) is 3.91. The van der Waals surface area contributed by atoms with Gasteiger partial charge in [-0.05, 0) is 50.5 Å². The van der Waals surface area contributed by atoms with E-state index in [-0.39, 0.29) is 23.7 Å². The lowest BCUT2D eigenvalue weighted by molar-refractivity contribution is -0.0506. The van der Waals surface area contributed by atoms with E-state index >= 15 is 0 Å². The second kappa shape index (κ2) is 7.91. The fraction of sp³-hybridized carbons (Fsp3) is 0.583. The highest BCUT2D eigenvalue weighted by atomic mass is 19.1. The van der Waals surface area contributed by atoms with Crippen molar-refractivity contribution in [1.82, 2.24) is 34.8 Å². The average molecular weight is 481 g/mol. The SMILES string of the molecule is O=C(NC12CC(C1)C2)OC1CCC(c2cc(Nc3nccc4nc(CN5CC(F)C5)cn34)n[nH]2)C1. The van der Waals surface area contributed by atoms with E-state index in [1.54, 1.807) is 6.20 Å². The van der Waals surface area contributed by atoms with Gasteiger partial charge in [-0.15, -0.1) is 0 Å². The lowest BCUT2D eigenvalue weighted by atomic mass is 9.50. The number of alkyl halides is 1. The Labute approximate surface area is 201 Å². The minimum atomic E-state index is -0.726. The number of likely N-dealkylation sites (tertiary alicyclic amines) is 1. The van der Waals surface area contributed by atoms with E-state index in [4.69, 9.17) is 4.74 Å². The van der Waals surface area contributed by atoms with Gasteiger partial charge in [0, 0.05) is 55.2 Å². The topological polar surface area (TPSA) is 112 Å². The Balaban J connectivity index is 0.974. The molecule has 0 aromatic carbocycles. The normalized spacial score (nSPS) is 29.9. The average Bonchev–Trinajstić information content (AvgIpc) is 3.48. The van der Waals surface area contributed by atoms with Crippen LogP contribution in [-0.2, 0) is 11.3 Å². The van der Waals surface area contributed by atoms with Gasteiger partial charge in [-0.3, -0.25) is 14.4 Å². The molecule has 35 heavy (non-hydrogen) atoms. The van der Waals surface area contributed by atoms with Crippen LogP contribution in [0.25, 0.3) is 5.65 Å². The third-order valence-corrected chi connectivity index (χ3v) is 8.07. The maximum atomic E-state index is 13.1. The number of halogens is 1. The highest BCUT2D eigenvalue weighted by Crippen LogP contribution is 2.57. The van der Waals surface area contributed by atoms with Gasteiger partial charge in [0.2, 0.25) is 5.95 Å². The highest BCUT2D eigenvalue weighted by Gasteiger charge is 2.57. The van der Waals surface area contributed by atoms with Crippen LogP contribution in [0.1, 0.15) is 55.8 Å². The lowest BCUT2D eigenvalue weighted by Gasteiger charge is -2.61. The molecule has 8 rings (SSSR count). The van der Waals surface area contributed by atoms with Crippen LogP contribution in [0.3, 0.4) is 0 Å². The van der Waals surface area contributed by atoms with E-state index in [1.165, 1.54) is 0 Å². The van der Waals surface area contributed by atoms with E-state index < -0.39 is 6.17 Å². The summed E-state index contributed by atoms with van der Waals surface area (Å²) < 4.78 is 20.7. The predicted octanol–water partition coefficient (Wildman–Crippen LogP) is 3.26.